The molecule has 1 nitrogen and oxygen atoms in total. The minimum Gasteiger partial charge on any atom is -0.353 e. The summed E-state index contributed by atoms with van der Waals surface area (Å²) in [6.45, 7) is 8.45. The van der Waals surface area contributed by atoms with Crippen molar-refractivity contribution in [1.82, 2.24) is 4.90 Å². The zero-order valence-corrected chi connectivity index (χ0v) is 10.7. The van der Waals surface area contributed by atoms with Crippen LogP contribution < -0.4 is 0 Å². The minimum atomic E-state index is 0. The molecule has 0 radical (unpaired) electrons. The number of nitrogens with zero attached hydrogens (tertiary/aromatic N) is 1. The molecular weight excluding hydrogens is 210 g/mol. The van der Waals surface area contributed by atoms with Crippen LogP contribution in [0.4, 0.5) is 0 Å². The standard InChI is InChI=1S/C7H15NS2.Ti/c1-5(2)8(6(3)4)7(9)10;/h5-6H,1-4H3,(H,9,10);. The molecule has 0 bridgehead atoms. The quantitative estimate of drug-likeness (QED) is 0.436. The van der Waals surface area contributed by atoms with Gasteiger partial charge in [0.15, 0.2) is 0 Å². The van der Waals surface area contributed by atoms with Gasteiger partial charge in [0, 0.05) is 33.8 Å². The summed E-state index contributed by atoms with van der Waals surface area (Å²) in [5, 5.41) is 0. The van der Waals surface area contributed by atoms with Gasteiger partial charge in [-0.1, -0.05) is 12.2 Å². The van der Waals surface area contributed by atoms with Gasteiger partial charge >= 0.3 is 0 Å². The maximum Gasteiger partial charge on any atom is 0.133 e. The Bertz CT molecular complexity index is 118. The first-order chi connectivity index (χ1) is 4.46. The molecule has 4 heteroatoms. The van der Waals surface area contributed by atoms with Gasteiger partial charge in [0.25, 0.3) is 0 Å². The molecular formula is C7H15NS2Ti. The molecule has 0 fully saturated rings. The Morgan fingerprint density at radius 3 is 1.45 bits per heavy atom. The van der Waals surface area contributed by atoms with Crippen molar-refractivity contribution in [1.29, 1.82) is 0 Å². The smallest absolute Gasteiger partial charge is 0.133 e. The van der Waals surface area contributed by atoms with E-state index in [0.717, 1.165) is 0 Å². The summed E-state index contributed by atoms with van der Waals surface area (Å²) in [4.78, 5) is 2.10. The van der Waals surface area contributed by atoms with Gasteiger partial charge in [0.05, 0.1) is 0 Å². The molecule has 0 rings (SSSR count). The van der Waals surface area contributed by atoms with Crippen LogP contribution in [-0.2, 0) is 21.7 Å². The van der Waals surface area contributed by atoms with Crippen molar-refractivity contribution in [3.63, 3.8) is 0 Å². The predicted molar refractivity (Wildman–Crippen MR) is 53.7 cm³/mol. The minimum absolute atomic E-state index is 0. The van der Waals surface area contributed by atoms with Crippen molar-refractivity contribution in [3.05, 3.63) is 0 Å². The number of thiol groups is 1. The molecule has 64 valence electrons. The average molecular weight is 225 g/mol. The molecule has 0 aromatic rings. The number of rotatable bonds is 2. The molecule has 0 spiro atoms. The molecule has 0 aromatic carbocycles. The third-order valence-electron chi connectivity index (χ3n) is 1.33. The Balaban J connectivity index is 0. The maximum atomic E-state index is 4.96. The van der Waals surface area contributed by atoms with Crippen molar-refractivity contribution in [2.75, 3.05) is 0 Å². The van der Waals surface area contributed by atoms with Crippen LogP contribution in [0.2, 0.25) is 0 Å². The van der Waals surface area contributed by atoms with Gasteiger partial charge in [-0.25, -0.2) is 0 Å². The van der Waals surface area contributed by atoms with E-state index in [9.17, 15) is 0 Å². The van der Waals surface area contributed by atoms with Crippen molar-refractivity contribution in [3.8, 4) is 0 Å². The van der Waals surface area contributed by atoms with Crippen molar-refractivity contribution in [2.45, 2.75) is 39.8 Å². The second-order valence-corrected chi connectivity index (χ2v) is 3.99. The molecule has 0 saturated carbocycles. The second-order valence-electron chi connectivity index (χ2n) is 2.88. The Labute approximate surface area is 95.2 Å². The van der Waals surface area contributed by atoms with Crippen molar-refractivity contribution in [2.24, 2.45) is 0 Å². The molecule has 0 atom stereocenters. The molecule has 0 aromatic heterocycles. The zero-order chi connectivity index (χ0) is 8.31. The van der Waals surface area contributed by atoms with E-state index in [-0.39, 0.29) is 21.7 Å². The third kappa shape index (κ3) is 5.23. The van der Waals surface area contributed by atoms with E-state index in [4.69, 9.17) is 12.2 Å². The van der Waals surface area contributed by atoms with Crippen LogP contribution in [0.3, 0.4) is 0 Å². The Morgan fingerprint density at radius 1 is 1.18 bits per heavy atom. The Hall–Kier alpha value is 0.954. The van der Waals surface area contributed by atoms with Gasteiger partial charge < -0.3 is 4.90 Å². The van der Waals surface area contributed by atoms with E-state index in [1.807, 2.05) is 0 Å². The molecule has 0 saturated heterocycles. The maximum absolute atomic E-state index is 4.96. The van der Waals surface area contributed by atoms with Crippen LogP contribution in [0.25, 0.3) is 0 Å². The predicted octanol–water partition coefficient (Wildman–Crippen LogP) is 2.32. The van der Waals surface area contributed by atoms with E-state index < -0.39 is 0 Å². The summed E-state index contributed by atoms with van der Waals surface area (Å²) in [5.41, 5.74) is 0. The molecule has 0 aliphatic rings. The summed E-state index contributed by atoms with van der Waals surface area (Å²) in [6, 6.07) is 0.898. The fraction of sp³-hybridized carbons (Fsp3) is 0.857. The molecule has 0 N–H and O–H groups in total. The van der Waals surface area contributed by atoms with Crippen LogP contribution in [0, 0.1) is 0 Å². The molecule has 0 aliphatic carbocycles. The van der Waals surface area contributed by atoms with Gasteiger partial charge in [-0.15, -0.1) is 12.6 Å². The van der Waals surface area contributed by atoms with Crippen LogP contribution in [0.5, 0.6) is 0 Å². The second kappa shape index (κ2) is 6.47. The van der Waals surface area contributed by atoms with Gasteiger partial charge in [0.1, 0.15) is 4.32 Å². The van der Waals surface area contributed by atoms with Gasteiger partial charge in [-0.05, 0) is 27.7 Å². The van der Waals surface area contributed by atoms with E-state index in [0.29, 0.717) is 16.4 Å². The molecule has 0 unspecified atom stereocenters. The Morgan fingerprint density at radius 2 is 1.45 bits per heavy atom. The van der Waals surface area contributed by atoms with E-state index in [2.05, 4.69) is 45.2 Å². The van der Waals surface area contributed by atoms with Gasteiger partial charge in [-0.2, -0.15) is 0 Å². The molecule has 0 amide bonds. The van der Waals surface area contributed by atoms with Crippen LogP contribution >= 0.6 is 24.8 Å². The Kier molecular flexibility index (Phi) is 8.51. The van der Waals surface area contributed by atoms with E-state index >= 15 is 0 Å². The van der Waals surface area contributed by atoms with Crippen molar-refractivity contribution >= 4 is 29.2 Å². The first-order valence-corrected chi connectivity index (χ1v) is 4.33. The largest absolute Gasteiger partial charge is 0.353 e. The average Bonchev–Trinajstić information content (AvgIpc) is 1.59. The summed E-state index contributed by atoms with van der Waals surface area (Å²) in [5.74, 6) is 0. The SMILES string of the molecule is CC(C)N(C(=S)S)C(C)C.[Ti]. The normalized spacial score (nSPS) is 9.73. The van der Waals surface area contributed by atoms with Crippen LogP contribution in [0.15, 0.2) is 0 Å². The number of hydrogen-bond acceptors (Lipinski definition) is 1. The zero-order valence-electron chi connectivity index (χ0n) is 7.46. The summed E-state index contributed by atoms with van der Waals surface area (Å²) in [6.07, 6.45) is 0. The number of thiocarbonyl (C=S) groups is 1. The first-order valence-electron chi connectivity index (χ1n) is 3.48. The number of hydrogen-bond donors (Lipinski definition) is 1. The molecule has 0 heterocycles. The third-order valence-corrected chi connectivity index (χ3v) is 1.78. The van der Waals surface area contributed by atoms with Crippen LogP contribution in [-0.4, -0.2) is 21.3 Å². The van der Waals surface area contributed by atoms with Crippen LogP contribution in [0.1, 0.15) is 27.7 Å². The molecule has 0 aliphatic heterocycles. The van der Waals surface area contributed by atoms with Crippen molar-refractivity contribution < 1.29 is 21.7 Å². The monoisotopic (exact) mass is 225 g/mol. The van der Waals surface area contributed by atoms with E-state index in [1.165, 1.54) is 0 Å². The first kappa shape index (κ1) is 14.5. The topological polar surface area (TPSA) is 3.24 Å². The summed E-state index contributed by atoms with van der Waals surface area (Å²) < 4.78 is 0.685. The summed E-state index contributed by atoms with van der Waals surface area (Å²) >= 11 is 9.09. The fourth-order valence-corrected chi connectivity index (χ4v) is 1.92. The van der Waals surface area contributed by atoms with E-state index in [1.54, 1.807) is 0 Å². The van der Waals surface area contributed by atoms with Gasteiger partial charge in [0.2, 0.25) is 0 Å². The summed E-state index contributed by atoms with van der Waals surface area (Å²) in [7, 11) is 0. The van der Waals surface area contributed by atoms with Gasteiger partial charge in [-0.3, -0.25) is 0 Å². The fourth-order valence-electron chi connectivity index (χ4n) is 1.04. The molecule has 11 heavy (non-hydrogen) atoms.